The molecule has 1 atom stereocenters. The fourth-order valence-corrected chi connectivity index (χ4v) is 1.59. The van der Waals surface area contributed by atoms with Crippen LogP contribution < -0.4 is 11.1 Å². The van der Waals surface area contributed by atoms with Gasteiger partial charge in [-0.3, -0.25) is 4.99 Å². The number of benzene rings is 1. The molecule has 0 radical (unpaired) electrons. The van der Waals surface area contributed by atoms with Crippen molar-refractivity contribution in [2.24, 2.45) is 16.1 Å². The van der Waals surface area contributed by atoms with E-state index < -0.39 is 0 Å². The molecule has 0 saturated carbocycles. The monoisotopic (exact) mass is 377 g/mol. The third-order valence-electron chi connectivity index (χ3n) is 2.72. The summed E-state index contributed by atoms with van der Waals surface area (Å²) in [7, 11) is 1.70. The van der Waals surface area contributed by atoms with Crippen LogP contribution in [0.25, 0.3) is 0 Å². The molecule has 0 aromatic heterocycles. The van der Waals surface area contributed by atoms with Gasteiger partial charge in [0.2, 0.25) is 0 Å². The molecule has 0 spiro atoms. The average Bonchev–Trinajstić information content (AvgIpc) is 2.29. The standard InChI is InChI=1S/C14H23N3O.HI/c1-14(2,3)12(18-4)10-16-13(15)17-11-8-6-5-7-9-11;/h5-9,12H,10H2,1-4H3,(H3,15,16,17);1H. The summed E-state index contributed by atoms with van der Waals surface area (Å²) in [6.07, 6.45) is 0.0497. The molecule has 19 heavy (non-hydrogen) atoms. The molecule has 0 bridgehead atoms. The Morgan fingerprint density at radius 1 is 1.32 bits per heavy atom. The minimum atomic E-state index is 0. The number of anilines is 1. The van der Waals surface area contributed by atoms with Crippen molar-refractivity contribution < 1.29 is 4.74 Å². The van der Waals surface area contributed by atoms with Crippen molar-refractivity contribution in [3.63, 3.8) is 0 Å². The molecular formula is C14H24IN3O. The molecule has 0 saturated heterocycles. The van der Waals surface area contributed by atoms with Crippen molar-refractivity contribution in [1.29, 1.82) is 0 Å². The van der Waals surface area contributed by atoms with Gasteiger partial charge in [0, 0.05) is 12.8 Å². The van der Waals surface area contributed by atoms with Gasteiger partial charge < -0.3 is 15.8 Å². The molecule has 0 fully saturated rings. The molecule has 5 heteroatoms. The Kier molecular flexibility index (Phi) is 8.01. The zero-order valence-corrected chi connectivity index (χ0v) is 14.3. The van der Waals surface area contributed by atoms with E-state index in [0.29, 0.717) is 12.5 Å². The lowest BCUT2D eigenvalue weighted by atomic mass is 9.89. The summed E-state index contributed by atoms with van der Waals surface area (Å²) in [6, 6.07) is 9.74. The van der Waals surface area contributed by atoms with Gasteiger partial charge >= 0.3 is 0 Å². The number of methoxy groups -OCH3 is 1. The fraction of sp³-hybridized carbons (Fsp3) is 0.500. The second kappa shape index (κ2) is 8.37. The van der Waals surface area contributed by atoms with E-state index in [1.165, 1.54) is 0 Å². The van der Waals surface area contributed by atoms with Crippen molar-refractivity contribution in [3.8, 4) is 0 Å². The number of guanidine groups is 1. The second-order valence-electron chi connectivity index (χ2n) is 5.31. The predicted octanol–water partition coefficient (Wildman–Crippen LogP) is 3.09. The molecule has 108 valence electrons. The Labute approximate surface area is 132 Å². The van der Waals surface area contributed by atoms with Crippen molar-refractivity contribution in [1.82, 2.24) is 0 Å². The van der Waals surface area contributed by atoms with Crippen molar-refractivity contribution in [2.75, 3.05) is 19.0 Å². The normalized spacial score (nSPS) is 13.6. The van der Waals surface area contributed by atoms with Crippen molar-refractivity contribution >= 4 is 35.6 Å². The van der Waals surface area contributed by atoms with E-state index in [1.807, 2.05) is 30.3 Å². The number of hydrogen-bond donors (Lipinski definition) is 2. The molecule has 0 aliphatic carbocycles. The molecule has 4 nitrogen and oxygen atoms in total. The summed E-state index contributed by atoms with van der Waals surface area (Å²) in [6.45, 7) is 6.91. The number of nitrogens with zero attached hydrogens (tertiary/aromatic N) is 1. The largest absolute Gasteiger partial charge is 0.379 e. The smallest absolute Gasteiger partial charge is 0.193 e. The number of rotatable bonds is 4. The number of ether oxygens (including phenoxy) is 1. The van der Waals surface area contributed by atoms with Crippen LogP contribution >= 0.6 is 24.0 Å². The Morgan fingerprint density at radius 2 is 1.89 bits per heavy atom. The van der Waals surface area contributed by atoms with Crippen LogP contribution in [0.2, 0.25) is 0 Å². The molecule has 0 amide bonds. The van der Waals surface area contributed by atoms with Crippen LogP contribution in [0.15, 0.2) is 35.3 Å². The van der Waals surface area contributed by atoms with Crippen LogP contribution in [0, 0.1) is 5.41 Å². The topological polar surface area (TPSA) is 59.6 Å². The van der Waals surface area contributed by atoms with Crippen molar-refractivity contribution in [3.05, 3.63) is 30.3 Å². The highest BCUT2D eigenvalue weighted by Crippen LogP contribution is 2.21. The Balaban J connectivity index is 0.00000324. The first-order valence-corrected chi connectivity index (χ1v) is 6.08. The molecule has 0 aliphatic heterocycles. The average molecular weight is 377 g/mol. The lowest BCUT2D eigenvalue weighted by Crippen LogP contribution is -2.33. The first kappa shape index (κ1) is 18.2. The third-order valence-corrected chi connectivity index (χ3v) is 2.72. The number of nitrogens with one attached hydrogen (secondary N) is 1. The first-order valence-electron chi connectivity index (χ1n) is 6.08. The van der Waals surface area contributed by atoms with Crippen LogP contribution in [0.4, 0.5) is 5.69 Å². The Hall–Kier alpha value is -0.820. The highest BCUT2D eigenvalue weighted by atomic mass is 127. The maximum absolute atomic E-state index is 5.84. The number of nitrogens with two attached hydrogens (primary N) is 1. The van der Waals surface area contributed by atoms with Gasteiger partial charge in [-0.05, 0) is 17.5 Å². The minimum Gasteiger partial charge on any atom is -0.379 e. The number of hydrogen-bond acceptors (Lipinski definition) is 2. The number of aliphatic imine (C=N–C) groups is 1. The summed E-state index contributed by atoms with van der Waals surface area (Å²) in [5, 5.41) is 3.04. The second-order valence-corrected chi connectivity index (χ2v) is 5.31. The van der Waals surface area contributed by atoms with Gasteiger partial charge in [0.05, 0.1) is 12.6 Å². The fourth-order valence-electron chi connectivity index (χ4n) is 1.59. The molecular weight excluding hydrogens is 353 g/mol. The van der Waals surface area contributed by atoms with Crippen LogP contribution in [0.5, 0.6) is 0 Å². The minimum absolute atomic E-state index is 0. The van der Waals surface area contributed by atoms with Crippen LogP contribution in [0.3, 0.4) is 0 Å². The van der Waals surface area contributed by atoms with E-state index in [4.69, 9.17) is 10.5 Å². The van der Waals surface area contributed by atoms with Gasteiger partial charge in [0.25, 0.3) is 0 Å². The summed E-state index contributed by atoms with van der Waals surface area (Å²) < 4.78 is 5.42. The summed E-state index contributed by atoms with van der Waals surface area (Å²) in [5.41, 5.74) is 6.82. The highest BCUT2D eigenvalue weighted by Gasteiger charge is 2.23. The summed E-state index contributed by atoms with van der Waals surface area (Å²) in [4.78, 5) is 4.32. The van der Waals surface area contributed by atoms with Crippen LogP contribution in [0.1, 0.15) is 20.8 Å². The van der Waals surface area contributed by atoms with E-state index in [-0.39, 0.29) is 35.5 Å². The van der Waals surface area contributed by atoms with Gasteiger partial charge in [-0.1, -0.05) is 39.0 Å². The molecule has 3 N–H and O–H groups in total. The van der Waals surface area contributed by atoms with E-state index in [0.717, 1.165) is 5.69 Å². The number of para-hydroxylation sites is 1. The first-order chi connectivity index (χ1) is 8.43. The molecule has 0 heterocycles. The SMILES string of the molecule is COC(CN=C(N)Nc1ccccc1)C(C)(C)C.I. The highest BCUT2D eigenvalue weighted by molar-refractivity contribution is 14.0. The van der Waals surface area contributed by atoms with Gasteiger partial charge in [-0.2, -0.15) is 0 Å². The Bertz CT molecular complexity index is 387. The lowest BCUT2D eigenvalue weighted by molar-refractivity contribution is 0.0242. The quantitative estimate of drug-likeness (QED) is 0.482. The predicted molar refractivity (Wildman–Crippen MR) is 92.2 cm³/mol. The van der Waals surface area contributed by atoms with Gasteiger partial charge in [0.1, 0.15) is 0 Å². The van der Waals surface area contributed by atoms with Crippen LogP contribution in [-0.4, -0.2) is 25.7 Å². The van der Waals surface area contributed by atoms with E-state index in [9.17, 15) is 0 Å². The summed E-state index contributed by atoms with van der Waals surface area (Å²) >= 11 is 0. The summed E-state index contributed by atoms with van der Waals surface area (Å²) in [5.74, 6) is 0.410. The van der Waals surface area contributed by atoms with E-state index >= 15 is 0 Å². The molecule has 1 aromatic carbocycles. The zero-order chi connectivity index (χ0) is 13.6. The van der Waals surface area contributed by atoms with Gasteiger partial charge in [-0.15, -0.1) is 24.0 Å². The van der Waals surface area contributed by atoms with E-state index in [2.05, 4.69) is 31.1 Å². The van der Waals surface area contributed by atoms with Crippen LogP contribution in [-0.2, 0) is 4.74 Å². The van der Waals surface area contributed by atoms with E-state index in [1.54, 1.807) is 7.11 Å². The maximum atomic E-state index is 5.84. The van der Waals surface area contributed by atoms with Gasteiger partial charge in [0.15, 0.2) is 5.96 Å². The lowest BCUT2D eigenvalue weighted by Gasteiger charge is -2.27. The molecule has 1 unspecified atom stereocenters. The molecule has 1 aromatic rings. The Morgan fingerprint density at radius 3 is 2.37 bits per heavy atom. The molecule has 1 rings (SSSR count). The zero-order valence-electron chi connectivity index (χ0n) is 12.0. The molecule has 0 aliphatic rings. The third kappa shape index (κ3) is 6.77. The van der Waals surface area contributed by atoms with Crippen molar-refractivity contribution in [2.45, 2.75) is 26.9 Å². The van der Waals surface area contributed by atoms with Gasteiger partial charge in [-0.25, -0.2) is 0 Å². The number of halogens is 1. The maximum Gasteiger partial charge on any atom is 0.193 e.